The lowest BCUT2D eigenvalue weighted by molar-refractivity contribution is -0.121. The molecule has 1 N–H and O–H groups in total. The van der Waals surface area contributed by atoms with Crippen molar-refractivity contribution in [3.8, 4) is 0 Å². The average Bonchev–Trinajstić information content (AvgIpc) is 2.81. The first-order valence-electron chi connectivity index (χ1n) is 11.5. The lowest BCUT2D eigenvalue weighted by atomic mass is 10.0. The van der Waals surface area contributed by atoms with Crippen LogP contribution < -0.4 is 10.9 Å². The van der Waals surface area contributed by atoms with Crippen LogP contribution in [0.5, 0.6) is 0 Å². The highest BCUT2D eigenvalue weighted by Crippen LogP contribution is 2.17. The van der Waals surface area contributed by atoms with Gasteiger partial charge in [0.25, 0.3) is 5.56 Å². The molecule has 1 aliphatic heterocycles. The van der Waals surface area contributed by atoms with E-state index in [1.165, 1.54) is 17.5 Å². The molecule has 3 aromatic rings. The molecule has 0 spiro atoms. The second-order valence-corrected chi connectivity index (χ2v) is 8.74. The molecule has 3 heterocycles. The number of benzene rings is 1. The number of carbonyl (C=O) groups is 1. The second kappa shape index (κ2) is 10.5. The Hall–Kier alpha value is -3.06. The molecule has 168 valence electrons. The fourth-order valence-corrected chi connectivity index (χ4v) is 4.45. The van der Waals surface area contributed by atoms with Crippen LogP contribution in [0, 0.1) is 5.92 Å². The third-order valence-corrected chi connectivity index (χ3v) is 6.07. The predicted octanol–water partition coefficient (Wildman–Crippen LogP) is 2.62. The Bertz CT molecular complexity index is 1110. The zero-order chi connectivity index (χ0) is 22.3. The highest BCUT2D eigenvalue weighted by Gasteiger charge is 2.16. The Kier molecular flexibility index (Phi) is 7.27. The Balaban J connectivity index is 1.41. The molecule has 1 aromatic carbocycles. The Labute approximate surface area is 188 Å². The minimum absolute atomic E-state index is 0.0756. The van der Waals surface area contributed by atoms with Crippen LogP contribution in [0.25, 0.3) is 10.8 Å². The van der Waals surface area contributed by atoms with Gasteiger partial charge in [0.05, 0.1) is 11.1 Å². The highest BCUT2D eigenvalue weighted by molar-refractivity contribution is 5.84. The molecule has 0 bridgehead atoms. The fourth-order valence-electron chi connectivity index (χ4n) is 4.45. The van der Waals surface area contributed by atoms with Gasteiger partial charge in [-0.05, 0) is 62.0 Å². The standard InChI is InChI=1S/C25H31N5O2/c1-19-6-4-14-29(17-19)15-5-11-27-24(31)18-30-25(32)22-8-3-2-7-21(22)23(28-30)16-20-9-12-26-13-10-20/h2-3,7-10,12-13,19H,4-6,11,14-18H2,1H3,(H,27,31)/t19-/m0/s1. The van der Waals surface area contributed by atoms with Gasteiger partial charge in [0, 0.05) is 37.3 Å². The van der Waals surface area contributed by atoms with Crippen LogP contribution >= 0.6 is 0 Å². The van der Waals surface area contributed by atoms with Gasteiger partial charge in [-0.1, -0.05) is 25.1 Å². The van der Waals surface area contributed by atoms with E-state index in [9.17, 15) is 9.59 Å². The van der Waals surface area contributed by atoms with E-state index >= 15 is 0 Å². The van der Waals surface area contributed by atoms with E-state index in [1.807, 2.05) is 30.3 Å². The van der Waals surface area contributed by atoms with Crippen molar-refractivity contribution in [2.75, 3.05) is 26.2 Å². The lowest BCUT2D eigenvalue weighted by Crippen LogP contribution is -2.38. The van der Waals surface area contributed by atoms with Gasteiger partial charge in [0.1, 0.15) is 6.54 Å². The number of likely N-dealkylation sites (tertiary alicyclic amines) is 1. The molecule has 0 aliphatic carbocycles. The molecular formula is C25H31N5O2. The lowest BCUT2D eigenvalue weighted by Gasteiger charge is -2.30. The average molecular weight is 434 g/mol. The number of hydrogen-bond acceptors (Lipinski definition) is 5. The van der Waals surface area contributed by atoms with E-state index in [2.05, 4.69) is 27.2 Å². The largest absolute Gasteiger partial charge is 0.354 e. The van der Waals surface area contributed by atoms with E-state index in [0.29, 0.717) is 18.4 Å². The van der Waals surface area contributed by atoms with Crippen LogP contribution in [0.2, 0.25) is 0 Å². The van der Waals surface area contributed by atoms with E-state index in [4.69, 9.17) is 0 Å². The van der Waals surface area contributed by atoms with Crippen molar-refractivity contribution in [3.63, 3.8) is 0 Å². The number of fused-ring (bicyclic) bond motifs is 1. The predicted molar refractivity (Wildman–Crippen MR) is 126 cm³/mol. The number of aromatic nitrogens is 3. The normalized spacial score (nSPS) is 16.8. The first kappa shape index (κ1) is 22.1. The number of rotatable bonds is 8. The summed E-state index contributed by atoms with van der Waals surface area (Å²) in [7, 11) is 0. The van der Waals surface area contributed by atoms with Crippen molar-refractivity contribution < 1.29 is 4.79 Å². The van der Waals surface area contributed by atoms with Gasteiger partial charge in [-0.15, -0.1) is 0 Å². The SMILES string of the molecule is C[C@H]1CCCN(CCCNC(=O)Cn2nc(Cc3ccncc3)c3ccccc3c2=O)C1. The van der Waals surface area contributed by atoms with Gasteiger partial charge >= 0.3 is 0 Å². The second-order valence-electron chi connectivity index (χ2n) is 8.74. The van der Waals surface area contributed by atoms with E-state index in [-0.39, 0.29) is 18.0 Å². The third-order valence-electron chi connectivity index (χ3n) is 6.07. The monoisotopic (exact) mass is 433 g/mol. The quantitative estimate of drug-likeness (QED) is 0.553. The summed E-state index contributed by atoms with van der Waals surface area (Å²) in [5.41, 5.74) is 1.59. The molecule has 1 atom stereocenters. The molecule has 2 aromatic heterocycles. The summed E-state index contributed by atoms with van der Waals surface area (Å²) < 4.78 is 1.29. The Morgan fingerprint density at radius 3 is 2.72 bits per heavy atom. The molecule has 0 radical (unpaired) electrons. The molecule has 7 nitrogen and oxygen atoms in total. The topological polar surface area (TPSA) is 80.1 Å². The first-order chi connectivity index (χ1) is 15.6. The molecule has 1 saturated heterocycles. The van der Waals surface area contributed by atoms with Crippen molar-refractivity contribution in [2.45, 2.75) is 39.2 Å². The summed E-state index contributed by atoms with van der Waals surface area (Å²) in [5.74, 6) is 0.572. The summed E-state index contributed by atoms with van der Waals surface area (Å²) >= 11 is 0. The zero-order valence-corrected chi connectivity index (χ0v) is 18.7. The first-order valence-corrected chi connectivity index (χ1v) is 11.5. The van der Waals surface area contributed by atoms with Gasteiger partial charge in [0.2, 0.25) is 5.91 Å². The number of nitrogens with one attached hydrogen (secondary N) is 1. The number of piperidine rings is 1. The smallest absolute Gasteiger partial charge is 0.275 e. The number of hydrogen-bond donors (Lipinski definition) is 1. The van der Waals surface area contributed by atoms with Crippen LogP contribution in [-0.4, -0.2) is 51.8 Å². The maximum Gasteiger partial charge on any atom is 0.275 e. The molecule has 7 heteroatoms. The maximum atomic E-state index is 12.9. The summed E-state index contributed by atoms with van der Waals surface area (Å²) in [6, 6.07) is 11.3. The van der Waals surface area contributed by atoms with Crippen LogP contribution in [0.15, 0.2) is 53.6 Å². The van der Waals surface area contributed by atoms with Gasteiger partial charge < -0.3 is 10.2 Å². The van der Waals surface area contributed by atoms with Crippen molar-refractivity contribution in [2.24, 2.45) is 5.92 Å². The zero-order valence-electron chi connectivity index (χ0n) is 18.7. The van der Waals surface area contributed by atoms with Gasteiger partial charge in [-0.3, -0.25) is 14.6 Å². The van der Waals surface area contributed by atoms with Gasteiger partial charge in [-0.25, -0.2) is 4.68 Å². The van der Waals surface area contributed by atoms with E-state index < -0.39 is 0 Å². The highest BCUT2D eigenvalue weighted by atomic mass is 16.2. The molecule has 32 heavy (non-hydrogen) atoms. The van der Waals surface area contributed by atoms with Crippen molar-refractivity contribution in [1.82, 2.24) is 25.0 Å². The molecule has 1 aliphatic rings. The minimum Gasteiger partial charge on any atom is -0.354 e. The summed E-state index contributed by atoms with van der Waals surface area (Å²) in [5, 5.41) is 8.92. The van der Waals surface area contributed by atoms with Crippen molar-refractivity contribution in [1.29, 1.82) is 0 Å². The van der Waals surface area contributed by atoms with Crippen LogP contribution in [0.4, 0.5) is 0 Å². The molecule has 0 saturated carbocycles. The van der Waals surface area contributed by atoms with Gasteiger partial charge in [0.15, 0.2) is 0 Å². The van der Waals surface area contributed by atoms with Crippen molar-refractivity contribution in [3.05, 3.63) is 70.4 Å². The number of amides is 1. The van der Waals surface area contributed by atoms with Crippen LogP contribution in [-0.2, 0) is 17.8 Å². The van der Waals surface area contributed by atoms with Crippen molar-refractivity contribution >= 4 is 16.7 Å². The summed E-state index contributed by atoms with van der Waals surface area (Å²) in [6.07, 6.45) is 7.53. The fraction of sp³-hybridized carbons (Fsp3) is 0.440. The van der Waals surface area contributed by atoms with Crippen LogP contribution in [0.1, 0.15) is 37.4 Å². The molecule has 1 fully saturated rings. The van der Waals surface area contributed by atoms with E-state index in [0.717, 1.165) is 48.6 Å². The summed E-state index contributed by atoms with van der Waals surface area (Å²) in [6.45, 7) is 6.11. The number of carbonyl (C=O) groups excluding carboxylic acids is 1. The van der Waals surface area contributed by atoms with Gasteiger partial charge in [-0.2, -0.15) is 5.10 Å². The Morgan fingerprint density at radius 1 is 1.16 bits per heavy atom. The molecule has 1 amide bonds. The summed E-state index contributed by atoms with van der Waals surface area (Å²) in [4.78, 5) is 32.0. The van der Waals surface area contributed by atoms with E-state index in [1.54, 1.807) is 18.5 Å². The maximum absolute atomic E-state index is 12.9. The Morgan fingerprint density at radius 2 is 1.94 bits per heavy atom. The number of nitrogens with zero attached hydrogens (tertiary/aromatic N) is 4. The minimum atomic E-state index is -0.239. The van der Waals surface area contributed by atoms with Crippen LogP contribution in [0.3, 0.4) is 0 Å². The molecular weight excluding hydrogens is 402 g/mol. The molecule has 0 unspecified atom stereocenters. The molecule has 4 rings (SSSR count). The number of pyridine rings is 1. The third kappa shape index (κ3) is 5.59.